The maximum Gasteiger partial charge on any atom is 0.269 e. The minimum absolute atomic E-state index is 0.0368. The molecule has 1 N–H and O–H groups in total. The molecule has 82 valence electrons. The summed E-state index contributed by atoms with van der Waals surface area (Å²) >= 11 is 4.89. The molecule has 0 fully saturated rings. The van der Waals surface area contributed by atoms with Crippen LogP contribution in [0.25, 0.3) is 0 Å². The Morgan fingerprint density at radius 3 is 2.47 bits per heavy atom. The molecule has 1 atom stereocenters. The van der Waals surface area contributed by atoms with Crippen LogP contribution in [0.5, 0.6) is 0 Å². The van der Waals surface area contributed by atoms with Gasteiger partial charge in [0, 0.05) is 17.4 Å². The molecule has 0 aliphatic heterocycles. The third kappa shape index (κ3) is 3.07. The molecule has 0 saturated carbocycles. The number of hydrogen-bond acceptors (Lipinski definition) is 4. The molecule has 0 radical (unpaired) electrons. The van der Waals surface area contributed by atoms with Crippen molar-refractivity contribution >= 4 is 29.3 Å². The van der Waals surface area contributed by atoms with Gasteiger partial charge in [0.15, 0.2) is 0 Å². The predicted octanol–water partition coefficient (Wildman–Crippen LogP) is 1.56. The number of nitro benzene ring substituents is 1. The van der Waals surface area contributed by atoms with Gasteiger partial charge in [0.05, 0.1) is 11.5 Å². The number of non-ortho nitro benzene ring substituents is 1. The highest BCUT2D eigenvalue weighted by molar-refractivity contribution is 8.13. The fourth-order valence-corrected chi connectivity index (χ4v) is 2.72. The van der Waals surface area contributed by atoms with Crippen LogP contribution < -0.4 is 5.30 Å². The fraction of sp³-hybridized carbons (Fsp3) is 0.250. The first kappa shape index (κ1) is 12.3. The van der Waals surface area contributed by atoms with Gasteiger partial charge >= 0.3 is 0 Å². The summed E-state index contributed by atoms with van der Waals surface area (Å²) in [5.41, 5.74) is -0.0368. The average molecular weight is 247 g/mol. The van der Waals surface area contributed by atoms with E-state index < -0.39 is 11.4 Å². The summed E-state index contributed by atoms with van der Waals surface area (Å²) in [5.74, 6) is 0. The quantitative estimate of drug-likeness (QED) is 0.496. The molecule has 0 spiro atoms. The minimum Gasteiger partial charge on any atom is -0.342 e. The Morgan fingerprint density at radius 1 is 1.53 bits per heavy atom. The van der Waals surface area contributed by atoms with Gasteiger partial charge in [-0.3, -0.25) is 10.1 Å². The van der Waals surface area contributed by atoms with Crippen LogP contribution >= 0.6 is 6.49 Å². The topological polar surface area (TPSA) is 72.6 Å². The van der Waals surface area contributed by atoms with Crippen LogP contribution in [0.1, 0.15) is 6.92 Å². The largest absolute Gasteiger partial charge is 0.342 e. The summed E-state index contributed by atoms with van der Waals surface area (Å²) in [6, 6.07) is 5.44. The van der Waals surface area contributed by atoms with Crippen molar-refractivity contribution in [3.05, 3.63) is 34.4 Å². The summed E-state index contributed by atoms with van der Waals surface area (Å²) < 4.78 is 5.03. The van der Waals surface area contributed by atoms with E-state index in [1.807, 2.05) is 0 Å². The standard InChI is InChI=1S/C8H10NO4PS/c1-2-13-14(12,15)8-5-3-7(4-6-8)9(10)11/h3-6H,2H2,1H3,(H,12,15). The molecule has 0 bridgehead atoms. The molecule has 15 heavy (non-hydrogen) atoms. The van der Waals surface area contributed by atoms with Crippen LogP contribution in [0.4, 0.5) is 5.69 Å². The summed E-state index contributed by atoms with van der Waals surface area (Å²) in [6.07, 6.45) is 0. The van der Waals surface area contributed by atoms with Gasteiger partial charge in [0.1, 0.15) is 0 Å². The lowest BCUT2D eigenvalue weighted by Crippen LogP contribution is -2.06. The molecule has 1 rings (SSSR count). The predicted molar refractivity (Wildman–Crippen MR) is 60.9 cm³/mol. The van der Waals surface area contributed by atoms with Gasteiger partial charge in [-0.25, -0.2) is 0 Å². The molecule has 0 aliphatic rings. The van der Waals surface area contributed by atoms with Crippen molar-refractivity contribution in [3.63, 3.8) is 0 Å². The van der Waals surface area contributed by atoms with Gasteiger partial charge in [0.25, 0.3) is 5.69 Å². The molecule has 1 aromatic carbocycles. The summed E-state index contributed by atoms with van der Waals surface area (Å²) in [5, 5.41) is 10.8. The second-order valence-electron chi connectivity index (χ2n) is 2.71. The second-order valence-corrected chi connectivity index (χ2v) is 6.01. The lowest BCUT2D eigenvalue weighted by Gasteiger charge is -2.14. The van der Waals surface area contributed by atoms with E-state index in [4.69, 9.17) is 16.3 Å². The van der Waals surface area contributed by atoms with Crippen LogP contribution in [0, 0.1) is 10.1 Å². The van der Waals surface area contributed by atoms with E-state index in [1.54, 1.807) is 6.92 Å². The lowest BCUT2D eigenvalue weighted by molar-refractivity contribution is -0.384. The smallest absolute Gasteiger partial charge is 0.269 e. The third-order valence-corrected chi connectivity index (χ3v) is 4.20. The first-order valence-corrected chi connectivity index (χ1v) is 6.87. The maximum absolute atomic E-state index is 10.4. The van der Waals surface area contributed by atoms with Crippen LogP contribution in [-0.4, -0.2) is 16.4 Å². The Balaban J connectivity index is 2.98. The number of nitrogens with zero attached hydrogens (tertiary/aromatic N) is 1. The molecule has 0 aromatic heterocycles. The Labute approximate surface area is 92.0 Å². The van der Waals surface area contributed by atoms with Crippen molar-refractivity contribution in [2.24, 2.45) is 0 Å². The molecule has 1 aromatic rings. The first-order chi connectivity index (χ1) is 6.97. The van der Waals surface area contributed by atoms with Gasteiger partial charge in [-0.05, 0) is 30.9 Å². The van der Waals surface area contributed by atoms with Crippen LogP contribution in [-0.2, 0) is 16.3 Å². The molecule has 1 unspecified atom stereocenters. The molecule has 0 aliphatic carbocycles. The molecule has 0 amide bonds. The highest BCUT2D eigenvalue weighted by atomic mass is 32.5. The monoisotopic (exact) mass is 247 g/mol. The molecule has 0 heterocycles. The summed E-state index contributed by atoms with van der Waals surface area (Å²) in [6.45, 7) is -0.949. The van der Waals surface area contributed by atoms with Gasteiger partial charge in [-0.1, -0.05) is 0 Å². The SMILES string of the molecule is CCOP(O)(=S)c1ccc([N+](=O)[O-])cc1. The van der Waals surface area contributed by atoms with Crippen molar-refractivity contribution in [1.82, 2.24) is 0 Å². The number of nitro groups is 1. The molecular weight excluding hydrogens is 237 g/mol. The Bertz CT molecular complexity index is 406. The van der Waals surface area contributed by atoms with Crippen molar-refractivity contribution < 1.29 is 14.3 Å². The van der Waals surface area contributed by atoms with Crippen LogP contribution in [0.3, 0.4) is 0 Å². The van der Waals surface area contributed by atoms with E-state index in [1.165, 1.54) is 24.3 Å². The first-order valence-electron chi connectivity index (χ1n) is 4.19. The Hall–Kier alpha value is -0.810. The normalized spacial score (nSPS) is 14.5. The number of hydrogen-bond donors (Lipinski definition) is 1. The molecular formula is C8H10NO4PS. The van der Waals surface area contributed by atoms with E-state index >= 15 is 0 Å². The lowest BCUT2D eigenvalue weighted by atomic mass is 10.3. The van der Waals surface area contributed by atoms with Gasteiger partial charge in [-0.15, -0.1) is 0 Å². The highest BCUT2D eigenvalue weighted by Crippen LogP contribution is 2.40. The average Bonchev–Trinajstić information content (AvgIpc) is 2.18. The third-order valence-electron chi connectivity index (χ3n) is 1.69. The van der Waals surface area contributed by atoms with E-state index in [-0.39, 0.29) is 5.69 Å². The van der Waals surface area contributed by atoms with Crippen molar-refractivity contribution in [1.29, 1.82) is 0 Å². The van der Waals surface area contributed by atoms with Crippen LogP contribution in [0.15, 0.2) is 24.3 Å². The molecule has 7 heteroatoms. The summed E-state index contributed by atoms with van der Waals surface area (Å²) in [7, 11) is 0. The van der Waals surface area contributed by atoms with Gasteiger partial charge in [-0.2, -0.15) is 0 Å². The van der Waals surface area contributed by atoms with E-state index in [0.717, 1.165) is 0 Å². The number of rotatable bonds is 4. The summed E-state index contributed by atoms with van der Waals surface area (Å²) in [4.78, 5) is 19.6. The minimum atomic E-state index is -2.98. The van der Waals surface area contributed by atoms with E-state index in [9.17, 15) is 15.0 Å². The van der Waals surface area contributed by atoms with E-state index in [0.29, 0.717) is 11.9 Å². The molecule has 5 nitrogen and oxygen atoms in total. The maximum atomic E-state index is 10.4. The zero-order valence-electron chi connectivity index (χ0n) is 7.99. The fourth-order valence-electron chi connectivity index (χ4n) is 1.01. The van der Waals surface area contributed by atoms with Crippen molar-refractivity contribution in [2.45, 2.75) is 6.92 Å². The van der Waals surface area contributed by atoms with Gasteiger partial charge in [0.2, 0.25) is 6.49 Å². The van der Waals surface area contributed by atoms with Crippen molar-refractivity contribution in [3.8, 4) is 0 Å². The van der Waals surface area contributed by atoms with Gasteiger partial charge < -0.3 is 9.42 Å². The Morgan fingerprint density at radius 2 is 2.07 bits per heavy atom. The number of benzene rings is 1. The van der Waals surface area contributed by atoms with E-state index in [2.05, 4.69) is 0 Å². The van der Waals surface area contributed by atoms with Crippen molar-refractivity contribution in [2.75, 3.05) is 6.61 Å². The van der Waals surface area contributed by atoms with Crippen LogP contribution in [0.2, 0.25) is 0 Å². The zero-order chi connectivity index (χ0) is 11.5. The highest BCUT2D eigenvalue weighted by Gasteiger charge is 2.17. The Kier molecular flexibility index (Phi) is 3.93. The second kappa shape index (κ2) is 4.81. The molecule has 0 saturated heterocycles. The zero-order valence-corrected chi connectivity index (χ0v) is 9.70.